The molecule has 3 heteroatoms. The number of rotatable bonds is 6. The molecular formula is C17H28N2O. The number of benzene rings is 1. The molecule has 0 amide bonds. The predicted octanol–water partition coefficient (Wildman–Crippen LogP) is 2.38. The van der Waals surface area contributed by atoms with Crippen molar-refractivity contribution in [1.82, 2.24) is 10.2 Å². The molecule has 2 atom stereocenters. The SMILES string of the molecule is CC(C)c1ccc(C(O)CNCC2CCN(C)C2)cc1. The van der Waals surface area contributed by atoms with E-state index in [-0.39, 0.29) is 0 Å². The molecule has 2 rings (SSSR count). The Morgan fingerprint density at radius 2 is 1.90 bits per heavy atom. The van der Waals surface area contributed by atoms with Crippen molar-refractivity contribution in [2.75, 3.05) is 33.2 Å². The summed E-state index contributed by atoms with van der Waals surface area (Å²) in [5.41, 5.74) is 2.33. The molecule has 2 unspecified atom stereocenters. The molecule has 2 N–H and O–H groups in total. The van der Waals surface area contributed by atoms with Gasteiger partial charge in [-0.1, -0.05) is 38.1 Å². The fourth-order valence-electron chi connectivity index (χ4n) is 2.84. The van der Waals surface area contributed by atoms with E-state index in [9.17, 15) is 5.11 Å². The smallest absolute Gasteiger partial charge is 0.0914 e. The monoisotopic (exact) mass is 276 g/mol. The van der Waals surface area contributed by atoms with Gasteiger partial charge in [0.2, 0.25) is 0 Å². The van der Waals surface area contributed by atoms with Gasteiger partial charge >= 0.3 is 0 Å². The van der Waals surface area contributed by atoms with Crippen LogP contribution in [0.4, 0.5) is 0 Å². The van der Waals surface area contributed by atoms with E-state index in [4.69, 9.17) is 0 Å². The molecule has 0 spiro atoms. The van der Waals surface area contributed by atoms with E-state index in [1.807, 2.05) is 12.1 Å². The lowest BCUT2D eigenvalue weighted by atomic mass is 10.00. The summed E-state index contributed by atoms with van der Waals surface area (Å²) >= 11 is 0. The van der Waals surface area contributed by atoms with Gasteiger partial charge in [-0.25, -0.2) is 0 Å². The van der Waals surface area contributed by atoms with Crippen LogP contribution in [0.3, 0.4) is 0 Å². The molecule has 1 aliphatic rings. The second-order valence-electron chi connectivity index (χ2n) is 6.41. The molecule has 0 aliphatic carbocycles. The molecule has 1 fully saturated rings. The number of hydrogen-bond acceptors (Lipinski definition) is 3. The highest BCUT2D eigenvalue weighted by molar-refractivity contribution is 5.26. The number of likely N-dealkylation sites (tertiary alicyclic amines) is 1. The van der Waals surface area contributed by atoms with Gasteiger partial charge in [0.15, 0.2) is 0 Å². The number of nitrogens with zero attached hydrogens (tertiary/aromatic N) is 1. The first-order valence-corrected chi connectivity index (χ1v) is 7.73. The molecule has 0 bridgehead atoms. The Hall–Kier alpha value is -0.900. The molecule has 20 heavy (non-hydrogen) atoms. The summed E-state index contributed by atoms with van der Waals surface area (Å²) < 4.78 is 0. The van der Waals surface area contributed by atoms with Crippen LogP contribution in [0.2, 0.25) is 0 Å². The zero-order valence-electron chi connectivity index (χ0n) is 13.0. The van der Waals surface area contributed by atoms with Crippen LogP contribution < -0.4 is 5.32 Å². The molecule has 0 radical (unpaired) electrons. The Morgan fingerprint density at radius 3 is 2.45 bits per heavy atom. The third kappa shape index (κ3) is 4.30. The Labute approximate surface area is 123 Å². The Balaban J connectivity index is 1.75. The highest BCUT2D eigenvalue weighted by Crippen LogP contribution is 2.19. The lowest BCUT2D eigenvalue weighted by Gasteiger charge is -2.16. The average molecular weight is 276 g/mol. The van der Waals surface area contributed by atoms with Crippen LogP contribution in [-0.4, -0.2) is 43.2 Å². The predicted molar refractivity (Wildman–Crippen MR) is 84.0 cm³/mol. The van der Waals surface area contributed by atoms with Gasteiger partial charge in [0, 0.05) is 13.1 Å². The third-order valence-corrected chi connectivity index (χ3v) is 4.25. The van der Waals surface area contributed by atoms with Crippen molar-refractivity contribution in [1.29, 1.82) is 0 Å². The summed E-state index contributed by atoms with van der Waals surface area (Å²) in [5.74, 6) is 1.27. The zero-order chi connectivity index (χ0) is 14.5. The van der Waals surface area contributed by atoms with Crippen molar-refractivity contribution in [3.8, 4) is 0 Å². The lowest BCUT2D eigenvalue weighted by Crippen LogP contribution is -2.28. The van der Waals surface area contributed by atoms with Gasteiger partial charge in [0.05, 0.1) is 6.10 Å². The van der Waals surface area contributed by atoms with Crippen LogP contribution in [0, 0.1) is 5.92 Å². The minimum Gasteiger partial charge on any atom is -0.387 e. The lowest BCUT2D eigenvalue weighted by molar-refractivity contribution is 0.173. The first kappa shape index (κ1) is 15.5. The van der Waals surface area contributed by atoms with Gasteiger partial charge in [0.25, 0.3) is 0 Å². The fourth-order valence-corrected chi connectivity index (χ4v) is 2.84. The topological polar surface area (TPSA) is 35.5 Å². The van der Waals surface area contributed by atoms with Crippen LogP contribution in [0.1, 0.15) is 43.4 Å². The standard InChI is InChI=1S/C17H28N2O/c1-13(2)15-4-6-16(7-5-15)17(20)11-18-10-14-8-9-19(3)12-14/h4-7,13-14,17-18,20H,8-12H2,1-3H3. The van der Waals surface area contributed by atoms with Gasteiger partial charge in [-0.3, -0.25) is 0 Å². The van der Waals surface area contributed by atoms with Crippen LogP contribution in [-0.2, 0) is 0 Å². The summed E-state index contributed by atoms with van der Waals surface area (Å²) in [6.45, 7) is 8.39. The summed E-state index contributed by atoms with van der Waals surface area (Å²) in [6.07, 6.45) is 0.859. The zero-order valence-corrected chi connectivity index (χ0v) is 13.0. The number of hydrogen-bond donors (Lipinski definition) is 2. The maximum absolute atomic E-state index is 10.2. The van der Waals surface area contributed by atoms with Crippen molar-refractivity contribution < 1.29 is 5.11 Å². The van der Waals surface area contributed by atoms with E-state index in [1.165, 1.54) is 25.1 Å². The van der Waals surface area contributed by atoms with Crippen LogP contribution in [0.15, 0.2) is 24.3 Å². The minimum absolute atomic E-state index is 0.407. The highest BCUT2D eigenvalue weighted by Gasteiger charge is 2.19. The Kier molecular flexibility index (Phi) is 5.58. The van der Waals surface area contributed by atoms with Crippen LogP contribution in [0.25, 0.3) is 0 Å². The molecule has 112 valence electrons. The number of nitrogens with one attached hydrogen (secondary N) is 1. The maximum atomic E-state index is 10.2. The normalized spacial score (nSPS) is 21.6. The van der Waals surface area contributed by atoms with Crippen molar-refractivity contribution in [2.45, 2.75) is 32.3 Å². The molecule has 1 aromatic rings. The molecular weight excluding hydrogens is 248 g/mol. The largest absolute Gasteiger partial charge is 0.387 e. The average Bonchev–Trinajstić information content (AvgIpc) is 2.84. The van der Waals surface area contributed by atoms with Crippen molar-refractivity contribution in [3.63, 3.8) is 0 Å². The quantitative estimate of drug-likeness (QED) is 0.837. The van der Waals surface area contributed by atoms with Crippen LogP contribution in [0.5, 0.6) is 0 Å². The van der Waals surface area contributed by atoms with Crippen molar-refractivity contribution >= 4 is 0 Å². The van der Waals surface area contributed by atoms with Gasteiger partial charge in [0.1, 0.15) is 0 Å². The number of aliphatic hydroxyl groups is 1. The second kappa shape index (κ2) is 7.21. The Bertz CT molecular complexity index is 402. The van der Waals surface area contributed by atoms with Crippen LogP contribution >= 0.6 is 0 Å². The van der Waals surface area contributed by atoms with E-state index >= 15 is 0 Å². The number of aliphatic hydroxyl groups excluding tert-OH is 1. The molecule has 3 nitrogen and oxygen atoms in total. The van der Waals surface area contributed by atoms with Gasteiger partial charge in [-0.2, -0.15) is 0 Å². The molecule has 1 aromatic carbocycles. The van der Waals surface area contributed by atoms with Crippen molar-refractivity contribution in [2.24, 2.45) is 5.92 Å². The molecule has 1 saturated heterocycles. The van der Waals surface area contributed by atoms with E-state index in [0.29, 0.717) is 12.5 Å². The van der Waals surface area contributed by atoms with E-state index in [0.717, 1.165) is 18.0 Å². The summed E-state index contributed by atoms with van der Waals surface area (Å²) in [7, 11) is 2.17. The molecule has 1 heterocycles. The highest BCUT2D eigenvalue weighted by atomic mass is 16.3. The molecule has 1 aliphatic heterocycles. The molecule has 0 saturated carbocycles. The van der Waals surface area contributed by atoms with E-state index in [2.05, 4.69) is 43.2 Å². The maximum Gasteiger partial charge on any atom is 0.0914 e. The van der Waals surface area contributed by atoms with Gasteiger partial charge in [-0.15, -0.1) is 0 Å². The first-order chi connectivity index (χ1) is 9.56. The summed E-state index contributed by atoms with van der Waals surface area (Å²) in [4.78, 5) is 2.37. The van der Waals surface area contributed by atoms with E-state index < -0.39 is 6.10 Å². The van der Waals surface area contributed by atoms with Gasteiger partial charge in [-0.05, 0) is 49.5 Å². The summed E-state index contributed by atoms with van der Waals surface area (Å²) in [6, 6.07) is 8.33. The van der Waals surface area contributed by atoms with E-state index in [1.54, 1.807) is 0 Å². The Morgan fingerprint density at radius 1 is 1.25 bits per heavy atom. The molecule has 0 aromatic heterocycles. The minimum atomic E-state index is -0.407. The van der Waals surface area contributed by atoms with Gasteiger partial charge < -0.3 is 15.3 Å². The second-order valence-corrected chi connectivity index (χ2v) is 6.41. The third-order valence-electron chi connectivity index (χ3n) is 4.25. The fraction of sp³-hybridized carbons (Fsp3) is 0.647. The first-order valence-electron chi connectivity index (χ1n) is 7.73. The summed E-state index contributed by atoms with van der Waals surface area (Å²) in [5, 5.41) is 13.6. The van der Waals surface area contributed by atoms with Crippen molar-refractivity contribution in [3.05, 3.63) is 35.4 Å².